The van der Waals surface area contributed by atoms with Crippen molar-refractivity contribution in [2.45, 2.75) is 25.8 Å². The van der Waals surface area contributed by atoms with Gasteiger partial charge >= 0.3 is 5.97 Å². The number of halogens is 1. The lowest BCUT2D eigenvalue weighted by molar-refractivity contribution is -0.146. The van der Waals surface area contributed by atoms with Crippen molar-refractivity contribution < 1.29 is 14.3 Å². The molecule has 0 amide bonds. The number of methoxy groups -OCH3 is 2. The van der Waals surface area contributed by atoms with Crippen LogP contribution in [0.3, 0.4) is 0 Å². The number of imidazole rings is 1. The van der Waals surface area contributed by atoms with Crippen LogP contribution in [0.5, 0.6) is 0 Å². The molecule has 2 rings (SSSR count). The van der Waals surface area contributed by atoms with Crippen LogP contribution >= 0.6 is 11.6 Å². The smallest absolute Gasteiger partial charge is 0.309 e. The predicted molar refractivity (Wildman–Crippen MR) is 66.6 cm³/mol. The molecule has 6 heteroatoms. The Hall–Kier alpha value is -1.07. The second-order valence-corrected chi connectivity index (χ2v) is 4.73. The highest BCUT2D eigenvalue weighted by atomic mass is 35.5. The van der Waals surface area contributed by atoms with Crippen LogP contribution < -0.4 is 0 Å². The van der Waals surface area contributed by atoms with Crippen LogP contribution in [0.25, 0.3) is 0 Å². The quantitative estimate of drug-likeness (QED) is 0.779. The van der Waals surface area contributed by atoms with Crippen LogP contribution in [0.1, 0.15) is 17.9 Å². The second kappa shape index (κ2) is 5.71. The van der Waals surface area contributed by atoms with Gasteiger partial charge < -0.3 is 14.0 Å². The maximum Gasteiger partial charge on any atom is 0.309 e. The monoisotopic (exact) mass is 272 g/mol. The fourth-order valence-electron chi connectivity index (χ4n) is 2.34. The van der Waals surface area contributed by atoms with E-state index in [-0.39, 0.29) is 11.9 Å². The third-order valence-electron chi connectivity index (χ3n) is 3.31. The van der Waals surface area contributed by atoms with Gasteiger partial charge in [-0.05, 0) is 6.42 Å². The molecule has 5 nitrogen and oxygen atoms in total. The average Bonchev–Trinajstić information content (AvgIpc) is 2.72. The van der Waals surface area contributed by atoms with Crippen molar-refractivity contribution in [3.8, 4) is 0 Å². The van der Waals surface area contributed by atoms with Gasteiger partial charge in [-0.2, -0.15) is 0 Å². The van der Waals surface area contributed by atoms with Crippen molar-refractivity contribution in [3.63, 3.8) is 0 Å². The summed E-state index contributed by atoms with van der Waals surface area (Å²) >= 11 is 6.13. The Balaban J connectivity index is 2.18. The van der Waals surface area contributed by atoms with Gasteiger partial charge in [-0.15, -0.1) is 0 Å². The summed E-state index contributed by atoms with van der Waals surface area (Å²) in [4.78, 5) is 15.9. The standard InChI is InChI=1S/C12H17ClN2O3/c1-17-6-4-10-14-11(13)9-7-8(12(16)18-2)3-5-15(9)10/h8H,3-7H2,1-2H3. The number of carbonyl (C=O) groups excluding carboxylic acids is 1. The molecular formula is C12H17ClN2O3. The number of rotatable bonds is 4. The van der Waals surface area contributed by atoms with E-state index in [9.17, 15) is 4.79 Å². The van der Waals surface area contributed by atoms with Gasteiger partial charge in [-0.25, -0.2) is 4.98 Å². The molecule has 0 saturated carbocycles. The van der Waals surface area contributed by atoms with Crippen LogP contribution in [0.4, 0.5) is 0 Å². The van der Waals surface area contributed by atoms with Crippen molar-refractivity contribution in [2.75, 3.05) is 20.8 Å². The fraction of sp³-hybridized carbons (Fsp3) is 0.667. The second-order valence-electron chi connectivity index (χ2n) is 4.37. The molecular weight excluding hydrogens is 256 g/mol. The van der Waals surface area contributed by atoms with Crippen molar-refractivity contribution in [3.05, 3.63) is 16.7 Å². The van der Waals surface area contributed by atoms with Gasteiger partial charge in [-0.3, -0.25) is 4.79 Å². The van der Waals surface area contributed by atoms with Crippen LogP contribution in [0, 0.1) is 5.92 Å². The van der Waals surface area contributed by atoms with E-state index in [0.717, 1.165) is 30.9 Å². The first-order valence-corrected chi connectivity index (χ1v) is 6.35. The molecule has 0 radical (unpaired) electrons. The fourth-order valence-corrected chi connectivity index (χ4v) is 2.61. The van der Waals surface area contributed by atoms with Gasteiger partial charge in [0, 0.05) is 26.5 Å². The largest absolute Gasteiger partial charge is 0.469 e. The lowest BCUT2D eigenvalue weighted by Crippen LogP contribution is -2.27. The molecule has 0 aromatic carbocycles. The van der Waals surface area contributed by atoms with Gasteiger partial charge in [0.15, 0.2) is 5.15 Å². The first-order chi connectivity index (χ1) is 8.67. The molecule has 1 aliphatic heterocycles. The number of hydrogen-bond acceptors (Lipinski definition) is 4. The molecule has 0 spiro atoms. The number of carbonyl (C=O) groups is 1. The van der Waals surface area contributed by atoms with E-state index in [0.29, 0.717) is 18.2 Å². The molecule has 1 aromatic rings. The topological polar surface area (TPSA) is 53.4 Å². The molecule has 0 aliphatic carbocycles. The normalized spacial score (nSPS) is 18.5. The molecule has 0 N–H and O–H groups in total. The molecule has 1 aromatic heterocycles. The zero-order chi connectivity index (χ0) is 13.1. The van der Waals surface area contributed by atoms with Crippen molar-refractivity contribution in [2.24, 2.45) is 5.92 Å². The van der Waals surface area contributed by atoms with E-state index in [4.69, 9.17) is 21.1 Å². The molecule has 18 heavy (non-hydrogen) atoms. The number of hydrogen-bond donors (Lipinski definition) is 0. The molecule has 0 saturated heterocycles. The molecule has 100 valence electrons. The molecule has 1 aliphatic rings. The highest BCUT2D eigenvalue weighted by Gasteiger charge is 2.29. The Kier molecular flexibility index (Phi) is 4.24. The Morgan fingerprint density at radius 2 is 2.33 bits per heavy atom. The minimum absolute atomic E-state index is 0.105. The van der Waals surface area contributed by atoms with Gasteiger partial charge in [0.05, 0.1) is 25.3 Å². The lowest BCUT2D eigenvalue weighted by atomic mass is 9.96. The van der Waals surface area contributed by atoms with E-state index in [1.54, 1.807) is 7.11 Å². The summed E-state index contributed by atoms with van der Waals surface area (Å²) in [7, 11) is 3.08. The van der Waals surface area contributed by atoms with E-state index >= 15 is 0 Å². The number of fused-ring (bicyclic) bond motifs is 1. The van der Waals surface area contributed by atoms with Crippen LogP contribution in [0.2, 0.25) is 5.15 Å². The Bertz CT molecular complexity index is 445. The number of aromatic nitrogens is 2. The minimum Gasteiger partial charge on any atom is -0.469 e. The first kappa shape index (κ1) is 13.4. The van der Waals surface area contributed by atoms with Crippen molar-refractivity contribution in [1.29, 1.82) is 0 Å². The van der Waals surface area contributed by atoms with Gasteiger partial charge in [-0.1, -0.05) is 11.6 Å². The Morgan fingerprint density at radius 1 is 1.56 bits per heavy atom. The van der Waals surface area contributed by atoms with E-state index in [1.165, 1.54) is 7.11 Å². The Morgan fingerprint density at radius 3 is 3.00 bits per heavy atom. The molecule has 1 atom stereocenters. The summed E-state index contributed by atoms with van der Waals surface area (Å²) in [5.74, 6) is 0.657. The van der Waals surface area contributed by atoms with Crippen molar-refractivity contribution >= 4 is 17.6 Å². The van der Waals surface area contributed by atoms with Crippen LogP contribution in [-0.2, 0) is 33.7 Å². The average molecular weight is 273 g/mol. The molecule has 1 unspecified atom stereocenters. The van der Waals surface area contributed by atoms with Crippen LogP contribution in [-0.4, -0.2) is 36.3 Å². The third kappa shape index (κ3) is 2.52. The van der Waals surface area contributed by atoms with Gasteiger partial charge in [0.25, 0.3) is 0 Å². The summed E-state index contributed by atoms with van der Waals surface area (Å²) in [5.41, 5.74) is 0.935. The third-order valence-corrected chi connectivity index (χ3v) is 3.61. The maximum absolute atomic E-state index is 11.6. The van der Waals surface area contributed by atoms with Crippen LogP contribution in [0.15, 0.2) is 0 Å². The highest BCUT2D eigenvalue weighted by molar-refractivity contribution is 6.30. The maximum atomic E-state index is 11.6. The van der Waals surface area contributed by atoms with E-state index in [2.05, 4.69) is 9.55 Å². The summed E-state index contributed by atoms with van der Waals surface area (Å²) in [6.45, 7) is 1.38. The number of esters is 1. The zero-order valence-electron chi connectivity index (χ0n) is 10.6. The summed E-state index contributed by atoms with van der Waals surface area (Å²) < 4.78 is 11.9. The number of nitrogens with zero attached hydrogens (tertiary/aromatic N) is 2. The summed E-state index contributed by atoms with van der Waals surface area (Å²) in [6, 6.07) is 0. The molecule has 0 bridgehead atoms. The Labute approximate surface area is 111 Å². The zero-order valence-corrected chi connectivity index (χ0v) is 11.4. The molecule has 0 fully saturated rings. The first-order valence-electron chi connectivity index (χ1n) is 5.98. The van der Waals surface area contributed by atoms with E-state index < -0.39 is 0 Å². The summed E-state index contributed by atoms with van der Waals surface area (Å²) in [5, 5.41) is 0.495. The molecule has 2 heterocycles. The lowest BCUT2D eigenvalue weighted by Gasteiger charge is -2.23. The van der Waals surface area contributed by atoms with Gasteiger partial charge in [0.1, 0.15) is 5.82 Å². The van der Waals surface area contributed by atoms with Crippen molar-refractivity contribution in [1.82, 2.24) is 9.55 Å². The summed E-state index contributed by atoms with van der Waals surface area (Å²) in [6.07, 6.45) is 2.11. The van der Waals surface area contributed by atoms with E-state index in [1.807, 2.05) is 0 Å². The minimum atomic E-state index is -0.169. The highest BCUT2D eigenvalue weighted by Crippen LogP contribution is 2.28. The van der Waals surface area contributed by atoms with Gasteiger partial charge in [0.2, 0.25) is 0 Å². The predicted octanol–water partition coefficient (Wildman–Crippen LogP) is 1.46. The number of ether oxygens (including phenoxy) is 2. The SMILES string of the molecule is COCCc1nc(Cl)c2n1CCC(C(=O)OC)C2.